The normalized spacial score (nSPS) is 10.0. The Kier molecular flexibility index (Phi) is 5.85. The molecular formula is C14H20N2O3. The number of nitrogens with two attached hydrogens (primary N) is 1. The van der Waals surface area contributed by atoms with Crippen LogP contribution >= 0.6 is 0 Å². The molecule has 1 rings (SSSR count). The van der Waals surface area contributed by atoms with Crippen LogP contribution in [0.15, 0.2) is 18.2 Å². The van der Waals surface area contributed by atoms with Crippen LogP contribution in [0.5, 0.6) is 0 Å². The minimum absolute atomic E-state index is 0.218. The van der Waals surface area contributed by atoms with E-state index in [1.807, 2.05) is 13.0 Å². The predicted molar refractivity (Wildman–Crippen MR) is 73.8 cm³/mol. The van der Waals surface area contributed by atoms with Crippen molar-refractivity contribution in [1.82, 2.24) is 5.32 Å². The van der Waals surface area contributed by atoms with Crippen molar-refractivity contribution in [2.45, 2.75) is 26.7 Å². The Bertz CT molecular complexity index is 458. The second kappa shape index (κ2) is 7.41. The fourth-order valence-electron chi connectivity index (χ4n) is 1.64. The van der Waals surface area contributed by atoms with Crippen molar-refractivity contribution in [2.24, 2.45) is 0 Å². The molecule has 19 heavy (non-hydrogen) atoms. The minimum Gasteiger partial charge on any atom is -0.466 e. The third-order valence-electron chi connectivity index (χ3n) is 2.72. The van der Waals surface area contributed by atoms with E-state index in [9.17, 15) is 9.59 Å². The zero-order valence-corrected chi connectivity index (χ0v) is 11.4. The van der Waals surface area contributed by atoms with E-state index in [4.69, 9.17) is 10.5 Å². The average Bonchev–Trinajstić information content (AvgIpc) is 2.38. The molecule has 0 heterocycles. The first-order chi connectivity index (χ1) is 9.06. The molecule has 0 aliphatic carbocycles. The van der Waals surface area contributed by atoms with Crippen LogP contribution in [0, 0.1) is 6.92 Å². The smallest absolute Gasteiger partial charge is 0.305 e. The molecule has 5 heteroatoms. The van der Waals surface area contributed by atoms with Crippen LogP contribution < -0.4 is 11.1 Å². The average molecular weight is 264 g/mol. The summed E-state index contributed by atoms with van der Waals surface area (Å²) in [5, 5.41) is 2.74. The fourth-order valence-corrected chi connectivity index (χ4v) is 1.64. The summed E-state index contributed by atoms with van der Waals surface area (Å²) in [6, 6.07) is 5.33. The lowest BCUT2D eigenvalue weighted by atomic mass is 10.1. The summed E-state index contributed by atoms with van der Waals surface area (Å²) in [7, 11) is 0. The predicted octanol–water partition coefficient (Wildman–Crippen LogP) is 1.65. The summed E-state index contributed by atoms with van der Waals surface area (Å²) in [6.07, 6.45) is 0.855. The van der Waals surface area contributed by atoms with Crippen molar-refractivity contribution < 1.29 is 14.3 Å². The third kappa shape index (κ3) is 4.62. The molecule has 3 N–H and O–H groups in total. The van der Waals surface area contributed by atoms with E-state index < -0.39 is 0 Å². The number of benzene rings is 1. The number of hydrogen-bond donors (Lipinski definition) is 2. The zero-order valence-electron chi connectivity index (χ0n) is 11.4. The van der Waals surface area contributed by atoms with Gasteiger partial charge in [-0.25, -0.2) is 0 Å². The van der Waals surface area contributed by atoms with Crippen molar-refractivity contribution in [3.63, 3.8) is 0 Å². The number of carbonyl (C=O) groups is 2. The molecule has 0 aromatic heterocycles. The third-order valence-corrected chi connectivity index (χ3v) is 2.72. The highest BCUT2D eigenvalue weighted by Gasteiger charge is 2.10. The van der Waals surface area contributed by atoms with Crippen molar-refractivity contribution in [3.05, 3.63) is 29.3 Å². The van der Waals surface area contributed by atoms with Gasteiger partial charge in [0, 0.05) is 18.7 Å². The van der Waals surface area contributed by atoms with Crippen molar-refractivity contribution in [3.8, 4) is 0 Å². The van der Waals surface area contributed by atoms with Crippen LogP contribution in [-0.2, 0) is 9.53 Å². The summed E-state index contributed by atoms with van der Waals surface area (Å²) in [5.74, 6) is -0.461. The Morgan fingerprint density at radius 3 is 2.79 bits per heavy atom. The Hall–Kier alpha value is -2.04. The van der Waals surface area contributed by atoms with E-state index in [1.54, 1.807) is 19.1 Å². The number of nitrogens with one attached hydrogen (secondary N) is 1. The molecule has 0 aliphatic heterocycles. The summed E-state index contributed by atoms with van der Waals surface area (Å²) >= 11 is 0. The molecule has 0 fully saturated rings. The number of aryl methyl sites for hydroxylation is 1. The molecule has 0 saturated heterocycles. The maximum Gasteiger partial charge on any atom is 0.305 e. The number of rotatable bonds is 6. The van der Waals surface area contributed by atoms with Gasteiger partial charge in [-0.05, 0) is 31.9 Å². The van der Waals surface area contributed by atoms with Gasteiger partial charge in [0.05, 0.1) is 12.2 Å². The number of carbonyl (C=O) groups excluding carboxylic acids is 2. The molecule has 1 aromatic rings. The number of nitrogen functional groups attached to an aromatic ring is 1. The standard InChI is InChI=1S/C14H20N2O3/c1-3-19-12(17)8-5-9-16-14(18)11-7-4-6-10(2)13(11)15/h4,6-7H,3,5,8-9,15H2,1-2H3,(H,16,18). The van der Waals surface area contributed by atoms with Gasteiger partial charge in [0.1, 0.15) is 0 Å². The quantitative estimate of drug-likeness (QED) is 0.465. The van der Waals surface area contributed by atoms with Crippen LogP contribution in [0.2, 0.25) is 0 Å². The van der Waals surface area contributed by atoms with Crippen molar-refractivity contribution in [1.29, 1.82) is 0 Å². The number of ether oxygens (including phenoxy) is 1. The van der Waals surface area contributed by atoms with Crippen molar-refractivity contribution in [2.75, 3.05) is 18.9 Å². The van der Waals surface area contributed by atoms with E-state index in [0.717, 1.165) is 5.56 Å². The number of anilines is 1. The number of amides is 1. The van der Waals surface area contributed by atoms with Gasteiger partial charge in [0.15, 0.2) is 0 Å². The van der Waals surface area contributed by atoms with Crippen LogP contribution in [0.3, 0.4) is 0 Å². The molecule has 1 aromatic carbocycles. The van der Waals surface area contributed by atoms with Crippen LogP contribution in [-0.4, -0.2) is 25.0 Å². The minimum atomic E-state index is -0.244. The Balaban J connectivity index is 2.40. The topological polar surface area (TPSA) is 81.4 Å². The van der Waals surface area contributed by atoms with E-state index in [2.05, 4.69) is 5.32 Å². The summed E-state index contributed by atoms with van der Waals surface area (Å²) in [4.78, 5) is 23.0. The SMILES string of the molecule is CCOC(=O)CCCNC(=O)c1cccc(C)c1N. The number of esters is 1. The maximum absolute atomic E-state index is 11.9. The molecule has 1 amide bonds. The van der Waals surface area contributed by atoms with Gasteiger partial charge in [0.25, 0.3) is 5.91 Å². The monoisotopic (exact) mass is 264 g/mol. The molecule has 0 aliphatic rings. The largest absolute Gasteiger partial charge is 0.466 e. The second-order valence-electron chi connectivity index (χ2n) is 4.20. The number of para-hydroxylation sites is 1. The van der Waals surface area contributed by atoms with Crippen LogP contribution in [0.4, 0.5) is 5.69 Å². The lowest BCUT2D eigenvalue weighted by molar-refractivity contribution is -0.143. The van der Waals surface area contributed by atoms with Gasteiger partial charge in [-0.15, -0.1) is 0 Å². The van der Waals surface area contributed by atoms with E-state index in [0.29, 0.717) is 37.2 Å². The van der Waals surface area contributed by atoms with Crippen LogP contribution in [0.1, 0.15) is 35.7 Å². The highest BCUT2D eigenvalue weighted by atomic mass is 16.5. The lowest BCUT2D eigenvalue weighted by Crippen LogP contribution is -2.26. The van der Waals surface area contributed by atoms with Crippen LogP contribution in [0.25, 0.3) is 0 Å². The van der Waals surface area contributed by atoms with Crippen molar-refractivity contribution >= 4 is 17.6 Å². The summed E-state index contributed by atoms with van der Waals surface area (Å²) in [5.41, 5.74) is 7.67. The molecule has 5 nitrogen and oxygen atoms in total. The van der Waals surface area contributed by atoms with Gasteiger partial charge in [-0.3, -0.25) is 9.59 Å². The molecule has 0 atom stereocenters. The Morgan fingerprint density at radius 2 is 2.11 bits per heavy atom. The highest BCUT2D eigenvalue weighted by Crippen LogP contribution is 2.15. The Morgan fingerprint density at radius 1 is 1.37 bits per heavy atom. The van der Waals surface area contributed by atoms with E-state index in [-0.39, 0.29) is 11.9 Å². The first-order valence-electron chi connectivity index (χ1n) is 6.35. The molecule has 0 radical (unpaired) electrons. The first kappa shape index (κ1) is 15.0. The van der Waals surface area contributed by atoms with E-state index >= 15 is 0 Å². The second-order valence-corrected chi connectivity index (χ2v) is 4.20. The first-order valence-corrected chi connectivity index (χ1v) is 6.35. The highest BCUT2D eigenvalue weighted by molar-refractivity contribution is 5.99. The van der Waals surface area contributed by atoms with Gasteiger partial charge < -0.3 is 15.8 Å². The Labute approximate surface area is 113 Å². The van der Waals surface area contributed by atoms with Gasteiger partial charge in [-0.2, -0.15) is 0 Å². The molecular weight excluding hydrogens is 244 g/mol. The lowest BCUT2D eigenvalue weighted by Gasteiger charge is -2.09. The fraction of sp³-hybridized carbons (Fsp3) is 0.429. The van der Waals surface area contributed by atoms with Gasteiger partial charge in [0.2, 0.25) is 0 Å². The molecule has 104 valence electrons. The van der Waals surface area contributed by atoms with E-state index in [1.165, 1.54) is 0 Å². The summed E-state index contributed by atoms with van der Waals surface area (Å²) in [6.45, 7) is 4.42. The molecule has 0 spiro atoms. The number of hydrogen-bond acceptors (Lipinski definition) is 4. The molecule has 0 unspecified atom stereocenters. The van der Waals surface area contributed by atoms with Gasteiger partial charge in [-0.1, -0.05) is 12.1 Å². The van der Waals surface area contributed by atoms with Gasteiger partial charge >= 0.3 is 5.97 Å². The summed E-state index contributed by atoms with van der Waals surface area (Å²) < 4.78 is 4.80. The molecule has 0 bridgehead atoms. The molecule has 0 saturated carbocycles. The zero-order chi connectivity index (χ0) is 14.3. The maximum atomic E-state index is 11.9.